The first-order valence-electron chi connectivity index (χ1n) is 16.3. The number of nitro benzene ring substituents is 1. The summed E-state index contributed by atoms with van der Waals surface area (Å²) in [4.78, 5) is 45.0. The topological polar surface area (TPSA) is 93.0 Å². The zero-order chi connectivity index (χ0) is 30.8. The maximum absolute atomic E-state index is 14.0. The van der Waals surface area contributed by atoms with E-state index < -0.39 is 5.92 Å². The highest BCUT2D eigenvalue weighted by molar-refractivity contribution is 6.07. The fourth-order valence-corrected chi connectivity index (χ4v) is 7.97. The van der Waals surface area contributed by atoms with Crippen molar-refractivity contribution in [3.63, 3.8) is 0 Å². The van der Waals surface area contributed by atoms with E-state index in [9.17, 15) is 19.7 Å². The van der Waals surface area contributed by atoms with Gasteiger partial charge in [-0.3, -0.25) is 19.7 Å². The van der Waals surface area contributed by atoms with E-state index in [-0.39, 0.29) is 33.0 Å². The van der Waals surface area contributed by atoms with Crippen LogP contribution in [-0.4, -0.2) is 42.7 Å². The highest BCUT2D eigenvalue weighted by Crippen LogP contribution is 2.55. The molecule has 0 spiro atoms. The Kier molecular flexibility index (Phi) is 7.49. The van der Waals surface area contributed by atoms with Crippen molar-refractivity contribution < 1.29 is 19.2 Å². The Labute approximate surface area is 255 Å². The molecule has 2 saturated heterocycles. The number of nitrogens with zero attached hydrogens (tertiary/aromatic N) is 3. The number of hydrogen-bond donors (Lipinski definition) is 0. The predicted molar refractivity (Wildman–Crippen MR) is 168 cm³/mol. The highest BCUT2D eigenvalue weighted by Gasteiger charge is 2.49. The normalized spacial score (nSPS) is 25.1. The number of benzene rings is 1. The molecule has 3 aliphatic heterocycles. The summed E-state index contributed by atoms with van der Waals surface area (Å²) in [5.41, 5.74) is 2.88. The van der Waals surface area contributed by atoms with E-state index in [0.29, 0.717) is 71.4 Å². The molecule has 5 aliphatic rings. The van der Waals surface area contributed by atoms with Gasteiger partial charge in [-0.05, 0) is 60.0 Å². The number of hydrogen-bond acceptors (Lipinski definition) is 7. The summed E-state index contributed by atoms with van der Waals surface area (Å²) >= 11 is 0. The van der Waals surface area contributed by atoms with Crippen LogP contribution in [0.3, 0.4) is 0 Å². The van der Waals surface area contributed by atoms with Crippen molar-refractivity contribution in [3.8, 4) is 0 Å². The van der Waals surface area contributed by atoms with E-state index >= 15 is 0 Å². The minimum Gasteiger partial charge on any atom is -0.465 e. The van der Waals surface area contributed by atoms with Crippen LogP contribution in [-0.2, 0) is 14.3 Å². The molecule has 43 heavy (non-hydrogen) atoms. The standard InChI is InChI=1S/C35H47N3O5/c1-21-7-11-36(12-8-21)24-16-25(37-13-9-22(2)10-14-37)26(38(41)42)15-23(24)31-32-27(39)17-34(3,4)19-29(32)43-30-20-35(5,6)18-28(40)33(30)31/h15-16,21-22,31H,7-14,17-20H2,1-6H3. The second-order valence-corrected chi connectivity index (χ2v) is 15.6. The van der Waals surface area contributed by atoms with Gasteiger partial charge in [-0.25, -0.2) is 0 Å². The molecule has 0 amide bonds. The number of ketones is 2. The van der Waals surface area contributed by atoms with Crippen LogP contribution in [0, 0.1) is 32.8 Å². The molecule has 0 N–H and O–H groups in total. The van der Waals surface area contributed by atoms with Crippen LogP contribution in [0.15, 0.2) is 34.8 Å². The van der Waals surface area contributed by atoms with E-state index in [1.807, 2.05) is 6.07 Å². The summed E-state index contributed by atoms with van der Waals surface area (Å²) in [6.07, 6.45) is 5.96. The quantitative estimate of drug-likeness (QED) is 0.266. The average Bonchev–Trinajstić information content (AvgIpc) is 2.90. The van der Waals surface area contributed by atoms with Crippen molar-refractivity contribution in [1.29, 1.82) is 0 Å². The van der Waals surface area contributed by atoms with Crippen molar-refractivity contribution in [2.24, 2.45) is 22.7 Å². The van der Waals surface area contributed by atoms with Gasteiger partial charge in [0, 0.05) is 74.8 Å². The number of piperidine rings is 2. The molecule has 0 atom stereocenters. The van der Waals surface area contributed by atoms with Crippen molar-refractivity contribution >= 4 is 28.6 Å². The van der Waals surface area contributed by atoms with Crippen molar-refractivity contribution in [2.75, 3.05) is 36.0 Å². The molecule has 0 saturated carbocycles. The van der Waals surface area contributed by atoms with E-state index in [4.69, 9.17) is 4.74 Å². The van der Waals surface area contributed by atoms with Crippen LogP contribution in [0.2, 0.25) is 0 Å². The molecule has 8 heteroatoms. The smallest absolute Gasteiger partial charge is 0.292 e. The van der Waals surface area contributed by atoms with Crippen LogP contribution in [0.25, 0.3) is 0 Å². The monoisotopic (exact) mass is 589 g/mol. The number of nitro groups is 1. The lowest BCUT2D eigenvalue weighted by molar-refractivity contribution is -0.384. The molecular formula is C35H47N3O5. The lowest BCUT2D eigenvalue weighted by atomic mass is 9.65. The Morgan fingerprint density at radius 3 is 1.63 bits per heavy atom. The molecule has 0 bridgehead atoms. The molecule has 1 aromatic carbocycles. The third kappa shape index (κ3) is 5.62. The van der Waals surface area contributed by atoms with Gasteiger partial charge in [0.25, 0.3) is 5.69 Å². The van der Waals surface area contributed by atoms with Crippen LogP contribution in [0.4, 0.5) is 17.1 Å². The molecule has 0 aromatic heterocycles. The summed E-state index contributed by atoms with van der Waals surface area (Å²) in [7, 11) is 0. The predicted octanol–water partition coefficient (Wildman–Crippen LogP) is 7.47. The third-order valence-corrected chi connectivity index (χ3v) is 10.5. The molecule has 8 nitrogen and oxygen atoms in total. The molecule has 232 valence electrons. The van der Waals surface area contributed by atoms with Gasteiger partial charge < -0.3 is 14.5 Å². The third-order valence-electron chi connectivity index (χ3n) is 10.5. The van der Waals surface area contributed by atoms with Gasteiger partial charge in [-0.1, -0.05) is 41.5 Å². The zero-order valence-corrected chi connectivity index (χ0v) is 26.8. The minimum absolute atomic E-state index is 0.0182. The minimum atomic E-state index is -0.658. The van der Waals surface area contributed by atoms with Gasteiger partial charge in [0.15, 0.2) is 11.6 Å². The van der Waals surface area contributed by atoms with Crippen LogP contribution in [0.5, 0.6) is 0 Å². The largest absolute Gasteiger partial charge is 0.465 e. The summed E-state index contributed by atoms with van der Waals surface area (Å²) in [6.45, 7) is 16.0. The second-order valence-electron chi connectivity index (χ2n) is 15.6. The highest BCUT2D eigenvalue weighted by atomic mass is 16.6. The van der Waals surface area contributed by atoms with Crippen molar-refractivity contribution in [1.82, 2.24) is 0 Å². The first-order chi connectivity index (χ1) is 20.2. The maximum Gasteiger partial charge on any atom is 0.292 e. The molecular weight excluding hydrogens is 542 g/mol. The van der Waals surface area contributed by atoms with E-state index in [1.54, 1.807) is 6.07 Å². The summed E-state index contributed by atoms with van der Waals surface area (Å²) < 4.78 is 6.53. The number of Topliss-reactive ketones (excluding diaryl/α,β-unsaturated/α-hetero) is 2. The fourth-order valence-electron chi connectivity index (χ4n) is 7.97. The lowest BCUT2D eigenvalue weighted by Crippen LogP contribution is -2.39. The van der Waals surface area contributed by atoms with Crippen molar-refractivity contribution in [2.45, 2.75) is 98.8 Å². The maximum atomic E-state index is 14.0. The van der Waals surface area contributed by atoms with Crippen LogP contribution in [0.1, 0.15) is 104 Å². The summed E-state index contributed by atoms with van der Waals surface area (Å²) in [6, 6.07) is 3.73. The zero-order valence-electron chi connectivity index (χ0n) is 26.8. The molecule has 0 unspecified atom stereocenters. The molecule has 3 heterocycles. The Morgan fingerprint density at radius 1 is 0.744 bits per heavy atom. The van der Waals surface area contributed by atoms with Crippen LogP contribution < -0.4 is 9.80 Å². The number of ether oxygens (including phenoxy) is 1. The second kappa shape index (κ2) is 10.8. The Hall–Kier alpha value is -3.16. The van der Waals surface area contributed by atoms with E-state index in [1.165, 1.54) is 0 Å². The van der Waals surface area contributed by atoms with Gasteiger partial charge >= 0.3 is 0 Å². The number of rotatable bonds is 4. The number of anilines is 2. The Morgan fingerprint density at radius 2 is 1.19 bits per heavy atom. The van der Waals surface area contributed by atoms with Gasteiger partial charge in [0.2, 0.25) is 0 Å². The summed E-state index contributed by atoms with van der Waals surface area (Å²) in [5, 5.41) is 12.7. The Balaban J connectivity index is 1.59. The SMILES string of the molecule is CC1CCN(c2cc(N3CCC(C)CC3)c([N+](=O)[O-])cc2C2C3=C(CC(C)(C)CC3=O)OC3=C2C(=O)CC(C)(C)C3)CC1. The van der Waals surface area contributed by atoms with Crippen molar-refractivity contribution in [3.05, 3.63) is 50.5 Å². The van der Waals surface area contributed by atoms with E-state index in [0.717, 1.165) is 57.5 Å². The first-order valence-corrected chi connectivity index (χ1v) is 16.3. The van der Waals surface area contributed by atoms with Gasteiger partial charge in [0.1, 0.15) is 17.2 Å². The number of allylic oxidation sites excluding steroid dienone is 4. The molecule has 6 rings (SSSR count). The van der Waals surface area contributed by atoms with Gasteiger partial charge in [0.05, 0.1) is 10.8 Å². The molecule has 1 aromatic rings. The molecule has 2 aliphatic carbocycles. The fraction of sp³-hybridized carbons (Fsp3) is 0.657. The van der Waals surface area contributed by atoms with Gasteiger partial charge in [-0.2, -0.15) is 0 Å². The number of carbonyl (C=O) groups excluding carboxylic acids is 2. The molecule has 0 radical (unpaired) electrons. The summed E-state index contributed by atoms with van der Waals surface area (Å²) in [5.74, 6) is 1.80. The Bertz CT molecular complexity index is 1370. The average molecular weight is 590 g/mol. The van der Waals surface area contributed by atoms with Crippen LogP contribution >= 0.6 is 0 Å². The first kappa shape index (κ1) is 29.9. The molecule has 2 fully saturated rings. The lowest BCUT2D eigenvalue weighted by Gasteiger charge is -2.44. The number of carbonyl (C=O) groups is 2. The van der Waals surface area contributed by atoms with Gasteiger partial charge in [-0.15, -0.1) is 0 Å². The van der Waals surface area contributed by atoms with E-state index in [2.05, 4.69) is 51.3 Å².